The van der Waals surface area contributed by atoms with Gasteiger partial charge in [0.25, 0.3) is 0 Å². The number of halogens is 2. The van der Waals surface area contributed by atoms with Gasteiger partial charge >= 0.3 is 0 Å². The number of benzene rings is 3. The van der Waals surface area contributed by atoms with Crippen LogP contribution < -0.4 is 5.73 Å². The molecule has 4 atom stereocenters. The molecule has 4 aromatic rings. The Kier molecular flexibility index (Phi) is 10.3. The molecule has 0 spiro atoms. The monoisotopic (exact) mass is 534 g/mol. The summed E-state index contributed by atoms with van der Waals surface area (Å²) in [6.07, 6.45) is 8.40. The fourth-order valence-corrected chi connectivity index (χ4v) is 5.72. The minimum atomic E-state index is -0.948. The molecule has 1 aromatic heterocycles. The number of pyridine rings is 1. The smallest absolute Gasteiger partial charge is 0.118 e. The molecule has 6 rings (SSSR count). The van der Waals surface area contributed by atoms with Gasteiger partial charge in [0.2, 0.25) is 0 Å². The van der Waals surface area contributed by atoms with Gasteiger partial charge in [0.15, 0.2) is 0 Å². The molecule has 4 unspecified atom stereocenters. The van der Waals surface area contributed by atoms with Crippen LogP contribution >= 0.6 is 24.8 Å². The molecule has 2 fully saturated rings. The van der Waals surface area contributed by atoms with Gasteiger partial charge < -0.3 is 10.8 Å². The minimum Gasteiger partial charge on any atom is -0.380 e. The van der Waals surface area contributed by atoms with Crippen LogP contribution in [0.15, 0.2) is 116 Å². The normalized spacial score (nSPS) is 22.0. The van der Waals surface area contributed by atoms with Crippen molar-refractivity contribution in [1.82, 2.24) is 4.98 Å². The average molecular weight is 536 g/mol. The predicted molar refractivity (Wildman–Crippen MR) is 156 cm³/mol. The van der Waals surface area contributed by atoms with Crippen molar-refractivity contribution in [2.45, 2.75) is 49.2 Å². The van der Waals surface area contributed by atoms with E-state index in [1.807, 2.05) is 73.1 Å². The third kappa shape index (κ3) is 6.42. The van der Waals surface area contributed by atoms with Crippen molar-refractivity contribution in [3.8, 4) is 0 Å². The zero-order chi connectivity index (χ0) is 24.1. The second-order valence-electron chi connectivity index (χ2n) is 9.84. The van der Waals surface area contributed by atoms with E-state index in [9.17, 15) is 5.11 Å². The van der Waals surface area contributed by atoms with E-state index in [2.05, 4.69) is 47.4 Å². The summed E-state index contributed by atoms with van der Waals surface area (Å²) < 4.78 is 0. The molecule has 3 N–H and O–H groups in total. The second-order valence-corrected chi connectivity index (χ2v) is 9.84. The SMILES string of the molecule is Cl.Cl.NC1CCCC1c1ccccc1.OC(c1ccccc1)(c1ccccc1)C1CC1c1ccncc1. The maximum atomic E-state index is 11.7. The van der Waals surface area contributed by atoms with Crippen molar-refractivity contribution in [2.24, 2.45) is 11.7 Å². The van der Waals surface area contributed by atoms with E-state index in [0.29, 0.717) is 17.9 Å². The summed E-state index contributed by atoms with van der Waals surface area (Å²) in [6.45, 7) is 0. The molecule has 2 saturated carbocycles. The molecule has 0 aliphatic heterocycles. The predicted octanol–water partition coefficient (Wildman–Crippen LogP) is 7.25. The van der Waals surface area contributed by atoms with Gasteiger partial charge in [0, 0.05) is 24.4 Å². The maximum absolute atomic E-state index is 11.7. The molecule has 194 valence electrons. The van der Waals surface area contributed by atoms with Crippen LogP contribution in [0.1, 0.15) is 59.8 Å². The molecule has 2 aliphatic carbocycles. The van der Waals surface area contributed by atoms with Crippen molar-refractivity contribution >= 4 is 24.8 Å². The first-order valence-corrected chi connectivity index (χ1v) is 12.7. The summed E-state index contributed by atoms with van der Waals surface area (Å²) in [4.78, 5) is 4.10. The van der Waals surface area contributed by atoms with Crippen LogP contribution in [0.4, 0.5) is 0 Å². The third-order valence-corrected chi connectivity index (χ3v) is 7.69. The van der Waals surface area contributed by atoms with E-state index < -0.39 is 5.60 Å². The van der Waals surface area contributed by atoms with Gasteiger partial charge in [0.1, 0.15) is 5.60 Å². The van der Waals surface area contributed by atoms with E-state index in [0.717, 1.165) is 17.5 Å². The summed E-state index contributed by atoms with van der Waals surface area (Å²) in [6, 6.07) is 35.2. The van der Waals surface area contributed by atoms with Crippen molar-refractivity contribution in [2.75, 3.05) is 0 Å². The molecular formula is C32H36Cl2N2O. The Balaban J connectivity index is 0.000000232. The Morgan fingerprint density at radius 1 is 0.649 bits per heavy atom. The second kappa shape index (κ2) is 13.2. The Morgan fingerprint density at radius 2 is 1.14 bits per heavy atom. The molecule has 0 amide bonds. The Hall–Kier alpha value is -2.69. The lowest BCUT2D eigenvalue weighted by Gasteiger charge is -2.30. The first-order chi connectivity index (χ1) is 17.2. The van der Waals surface area contributed by atoms with Gasteiger partial charge in [-0.1, -0.05) is 97.4 Å². The van der Waals surface area contributed by atoms with Crippen molar-refractivity contribution in [1.29, 1.82) is 0 Å². The van der Waals surface area contributed by atoms with Gasteiger partial charge in [0.05, 0.1) is 0 Å². The lowest BCUT2D eigenvalue weighted by molar-refractivity contribution is 0.0542. The Labute approximate surface area is 233 Å². The first-order valence-electron chi connectivity index (χ1n) is 12.7. The Bertz CT molecular complexity index is 1150. The highest BCUT2D eigenvalue weighted by atomic mass is 35.5. The fourth-order valence-electron chi connectivity index (χ4n) is 5.72. The molecule has 3 aromatic carbocycles. The lowest BCUT2D eigenvalue weighted by Crippen LogP contribution is -2.30. The van der Waals surface area contributed by atoms with E-state index >= 15 is 0 Å². The van der Waals surface area contributed by atoms with Crippen LogP contribution in [0.25, 0.3) is 0 Å². The Morgan fingerprint density at radius 3 is 1.62 bits per heavy atom. The number of aliphatic hydroxyl groups is 1. The lowest BCUT2D eigenvalue weighted by atomic mass is 9.81. The zero-order valence-corrected chi connectivity index (χ0v) is 22.5. The van der Waals surface area contributed by atoms with Crippen LogP contribution in [-0.4, -0.2) is 16.1 Å². The number of hydrogen-bond acceptors (Lipinski definition) is 3. The zero-order valence-electron chi connectivity index (χ0n) is 20.9. The quantitative estimate of drug-likeness (QED) is 0.283. The summed E-state index contributed by atoms with van der Waals surface area (Å²) >= 11 is 0. The van der Waals surface area contributed by atoms with Gasteiger partial charge in [-0.25, -0.2) is 0 Å². The van der Waals surface area contributed by atoms with Crippen molar-refractivity contribution in [3.05, 3.63) is 138 Å². The minimum absolute atomic E-state index is 0. The molecule has 0 radical (unpaired) electrons. The van der Waals surface area contributed by atoms with E-state index in [1.54, 1.807) is 0 Å². The topological polar surface area (TPSA) is 59.1 Å². The molecular weight excluding hydrogens is 499 g/mol. The van der Waals surface area contributed by atoms with Crippen LogP contribution in [-0.2, 0) is 5.60 Å². The van der Waals surface area contributed by atoms with Crippen LogP contribution in [0.3, 0.4) is 0 Å². The number of hydrogen-bond donors (Lipinski definition) is 2. The highest BCUT2D eigenvalue weighted by Gasteiger charge is 2.54. The van der Waals surface area contributed by atoms with Gasteiger partial charge in [-0.05, 0) is 65.5 Å². The molecule has 2 aliphatic rings. The molecule has 0 saturated heterocycles. The van der Waals surface area contributed by atoms with E-state index in [1.165, 1.54) is 30.4 Å². The molecule has 3 nitrogen and oxygen atoms in total. The summed E-state index contributed by atoms with van der Waals surface area (Å²) in [5.74, 6) is 1.18. The summed E-state index contributed by atoms with van der Waals surface area (Å²) in [5, 5.41) is 11.7. The maximum Gasteiger partial charge on any atom is 0.118 e. The number of aromatic nitrogens is 1. The highest BCUT2D eigenvalue weighted by molar-refractivity contribution is 5.85. The van der Waals surface area contributed by atoms with Crippen molar-refractivity contribution in [3.63, 3.8) is 0 Å². The number of rotatable bonds is 5. The highest BCUT2D eigenvalue weighted by Crippen LogP contribution is 2.58. The fraction of sp³-hybridized carbons (Fsp3) is 0.281. The number of nitrogens with two attached hydrogens (primary N) is 1. The molecule has 5 heteroatoms. The van der Waals surface area contributed by atoms with Gasteiger partial charge in [-0.2, -0.15) is 0 Å². The third-order valence-electron chi connectivity index (χ3n) is 7.69. The summed E-state index contributed by atoms with van der Waals surface area (Å²) in [5.41, 5.74) is 9.67. The van der Waals surface area contributed by atoms with Crippen LogP contribution in [0, 0.1) is 5.92 Å². The van der Waals surface area contributed by atoms with Gasteiger partial charge in [-0.3, -0.25) is 4.98 Å². The largest absolute Gasteiger partial charge is 0.380 e. The average Bonchev–Trinajstić information content (AvgIpc) is 3.64. The van der Waals surface area contributed by atoms with Crippen molar-refractivity contribution < 1.29 is 5.11 Å². The first kappa shape index (κ1) is 28.9. The molecule has 1 heterocycles. The molecule has 37 heavy (non-hydrogen) atoms. The molecule has 0 bridgehead atoms. The van der Waals surface area contributed by atoms with Crippen LogP contribution in [0.5, 0.6) is 0 Å². The standard InChI is InChI=1S/C21H19NO.C11H15N.2ClH/c23-21(17-7-3-1-4-8-17,18-9-5-2-6-10-18)20-15-19(20)16-11-13-22-14-12-16;12-11-8-4-7-10(11)9-5-2-1-3-6-9;;/h1-14,19-20,23H,15H2;1-3,5-6,10-11H,4,7-8,12H2;2*1H. The number of nitrogens with zero attached hydrogens (tertiary/aromatic N) is 1. The van der Waals surface area contributed by atoms with Crippen LogP contribution in [0.2, 0.25) is 0 Å². The summed E-state index contributed by atoms with van der Waals surface area (Å²) in [7, 11) is 0. The van der Waals surface area contributed by atoms with E-state index in [4.69, 9.17) is 5.73 Å². The van der Waals surface area contributed by atoms with E-state index in [-0.39, 0.29) is 30.7 Å². The van der Waals surface area contributed by atoms with Gasteiger partial charge in [-0.15, -0.1) is 24.8 Å².